The summed E-state index contributed by atoms with van der Waals surface area (Å²) in [7, 11) is 0. The molecule has 0 bridgehead atoms. The molecule has 0 radical (unpaired) electrons. The standard InChI is InChI=1S/C27H58Ge/c1-5-6-7-8-9-10-11-12-13-14-15-16-17-18-19-20-21-22-23-24-25-26-27-28(2,3)4/h5-27H2,1-4H3. The van der Waals surface area contributed by atoms with Gasteiger partial charge in [0.25, 0.3) is 0 Å². The Morgan fingerprint density at radius 3 is 0.750 bits per heavy atom. The predicted molar refractivity (Wildman–Crippen MR) is 135 cm³/mol. The maximum atomic E-state index is 2.55. The molecule has 0 amide bonds. The van der Waals surface area contributed by atoms with E-state index in [0.717, 1.165) is 0 Å². The normalized spacial score (nSPS) is 12.0. The van der Waals surface area contributed by atoms with Crippen LogP contribution < -0.4 is 0 Å². The zero-order chi connectivity index (χ0) is 20.8. The van der Waals surface area contributed by atoms with Gasteiger partial charge in [-0.05, 0) is 0 Å². The summed E-state index contributed by atoms with van der Waals surface area (Å²) in [6, 6.07) is 0. The molecular formula is C27H58Ge. The quantitative estimate of drug-likeness (QED) is 0.106. The summed E-state index contributed by atoms with van der Waals surface area (Å²) < 4.78 is 0. The molecule has 0 atom stereocenters. The van der Waals surface area contributed by atoms with Crippen LogP contribution in [0.1, 0.15) is 148 Å². The van der Waals surface area contributed by atoms with Gasteiger partial charge in [0.15, 0.2) is 0 Å². The van der Waals surface area contributed by atoms with E-state index >= 15 is 0 Å². The second-order valence-electron chi connectivity index (χ2n) is 10.7. The maximum absolute atomic E-state index is 2.55. The molecule has 170 valence electrons. The fourth-order valence-corrected chi connectivity index (χ4v) is 7.01. The summed E-state index contributed by atoms with van der Waals surface area (Å²) in [6.45, 7) is 2.30. The summed E-state index contributed by atoms with van der Waals surface area (Å²) in [5.41, 5.74) is 0. The van der Waals surface area contributed by atoms with Crippen molar-refractivity contribution < 1.29 is 0 Å². The molecule has 0 aromatic carbocycles. The van der Waals surface area contributed by atoms with Crippen molar-refractivity contribution >= 4 is 13.3 Å². The minimum atomic E-state index is -1.23. The summed E-state index contributed by atoms with van der Waals surface area (Å²) in [6.07, 6.45) is 32.7. The van der Waals surface area contributed by atoms with E-state index in [1.165, 1.54) is 141 Å². The topological polar surface area (TPSA) is 0 Å². The van der Waals surface area contributed by atoms with Crippen molar-refractivity contribution in [2.45, 2.75) is 171 Å². The van der Waals surface area contributed by atoms with Crippen molar-refractivity contribution in [3.63, 3.8) is 0 Å². The van der Waals surface area contributed by atoms with Crippen molar-refractivity contribution in [2.24, 2.45) is 0 Å². The average Bonchev–Trinajstić information content (AvgIpc) is 2.65. The summed E-state index contributed by atoms with van der Waals surface area (Å²) in [5.74, 6) is 7.66. The molecule has 28 heavy (non-hydrogen) atoms. The third-order valence-corrected chi connectivity index (χ3v) is 10.2. The van der Waals surface area contributed by atoms with Gasteiger partial charge >= 0.3 is 106 Å². The molecule has 0 saturated heterocycles. The molecule has 1 heteroatoms. The molecule has 0 unspecified atom stereocenters. The van der Waals surface area contributed by atoms with Crippen LogP contribution >= 0.6 is 0 Å². The van der Waals surface area contributed by atoms with Crippen LogP contribution in [0.4, 0.5) is 0 Å². The molecule has 0 aliphatic heterocycles. The molecule has 0 aromatic heterocycles. The zero-order valence-electron chi connectivity index (χ0n) is 20.8. The van der Waals surface area contributed by atoms with Gasteiger partial charge in [0.2, 0.25) is 0 Å². The molecule has 0 fully saturated rings. The third-order valence-electron chi connectivity index (χ3n) is 6.28. The van der Waals surface area contributed by atoms with Crippen LogP contribution in [0.5, 0.6) is 0 Å². The number of hydrogen-bond donors (Lipinski definition) is 0. The Labute approximate surface area is 183 Å². The number of rotatable bonds is 23. The van der Waals surface area contributed by atoms with Crippen molar-refractivity contribution in [1.29, 1.82) is 0 Å². The average molecular weight is 455 g/mol. The van der Waals surface area contributed by atoms with E-state index in [-0.39, 0.29) is 0 Å². The molecule has 0 nitrogen and oxygen atoms in total. The fourth-order valence-electron chi connectivity index (χ4n) is 4.26. The van der Waals surface area contributed by atoms with Gasteiger partial charge < -0.3 is 0 Å². The Morgan fingerprint density at radius 1 is 0.321 bits per heavy atom. The van der Waals surface area contributed by atoms with Gasteiger partial charge in [-0.2, -0.15) is 0 Å². The van der Waals surface area contributed by atoms with Crippen LogP contribution in [0.15, 0.2) is 0 Å². The SMILES string of the molecule is CCCCCCCCCCCCCCCCCCCCCCC[CH2][Ge]([CH3])([CH3])[CH3]. The first-order chi connectivity index (χ1) is 13.6. The van der Waals surface area contributed by atoms with Gasteiger partial charge in [-0.15, -0.1) is 0 Å². The van der Waals surface area contributed by atoms with E-state index in [0.29, 0.717) is 0 Å². The first-order valence-corrected chi connectivity index (χ1v) is 21.3. The Hall–Kier alpha value is 0.543. The molecule has 0 aliphatic carbocycles. The summed E-state index contributed by atoms with van der Waals surface area (Å²) in [5, 5.41) is 1.58. The molecule has 0 aliphatic rings. The van der Waals surface area contributed by atoms with E-state index < -0.39 is 13.3 Å². The second kappa shape index (κ2) is 22.2. The number of hydrogen-bond acceptors (Lipinski definition) is 0. The van der Waals surface area contributed by atoms with Crippen molar-refractivity contribution in [1.82, 2.24) is 0 Å². The van der Waals surface area contributed by atoms with Crippen LogP contribution in [0.2, 0.25) is 22.5 Å². The molecule has 0 N–H and O–H groups in total. The van der Waals surface area contributed by atoms with Crippen LogP contribution in [-0.4, -0.2) is 13.3 Å². The molecule has 0 aromatic rings. The first kappa shape index (κ1) is 28.5. The first-order valence-electron chi connectivity index (χ1n) is 13.6. The molecular weight excluding hydrogens is 397 g/mol. The van der Waals surface area contributed by atoms with E-state index in [4.69, 9.17) is 0 Å². The van der Waals surface area contributed by atoms with Crippen LogP contribution in [-0.2, 0) is 0 Å². The summed E-state index contributed by atoms with van der Waals surface area (Å²) in [4.78, 5) is 0. The fraction of sp³-hybridized carbons (Fsp3) is 1.00. The minimum absolute atomic E-state index is 1.23. The van der Waals surface area contributed by atoms with Crippen molar-refractivity contribution in [3.05, 3.63) is 0 Å². The predicted octanol–water partition coefficient (Wildman–Crippen LogP) is 10.9. The molecule has 0 saturated carbocycles. The van der Waals surface area contributed by atoms with Crippen LogP contribution in [0.25, 0.3) is 0 Å². The number of unbranched alkanes of at least 4 members (excludes halogenated alkanes) is 21. The Balaban J connectivity index is 3.01. The van der Waals surface area contributed by atoms with Gasteiger partial charge in [0, 0.05) is 0 Å². The van der Waals surface area contributed by atoms with E-state index in [1.54, 1.807) is 5.25 Å². The van der Waals surface area contributed by atoms with Gasteiger partial charge in [-0.1, -0.05) is 77.6 Å². The summed E-state index contributed by atoms with van der Waals surface area (Å²) >= 11 is -1.23. The Kier molecular flexibility index (Phi) is 22.7. The van der Waals surface area contributed by atoms with E-state index in [2.05, 4.69) is 24.2 Å². The third kappa shape index (κ3) is 26.5. The Bertz CT molecular complexity index is 278. The van der Waals surface area contributed by atoms with Gasteiger partial charge in [0.05, 0.1) is 0 Å². The van der Waals surface area contributed by atoms with E-state index in [9.17, 15) is 0 Å². The van der Waals surface area contributed by atoms with Gasteiger partial charge in [0.1, 0.15) is 0 Å². The monoisotopic (exact) mass is 456 g/mol. The van der Waals surface area contributed by atoms with Gasteiger partial charge in [-0.3, -0.25) is 0 Å². The molecule has 0 rings (SSSR count). The van der Waals surface area contributed by atoms with Crippen molar-refractivity contribution in [3.8, 4) is 0 Å². The molecule has 0 spiro atoms. The second-order valence-corrected chi connectivity index (χ2v) is 22.5. The van der Waals surface area contributed by atoms with Gasteiger partial charge in [-0.25, -0.2) is 0 Å². The van der Waals surface area contributed by atoms with Crippen molar-refractivity contribution in [2.75, 3.05) is 0 Å². The van der Waals surface area contributed by atoms with Crippen LogP contribution in [0, 0.1) is 0 Å². The molecule has 0 heterocycles. The van der Waals surface area contributed by atoms with Crippen LogP contribution in [0.3, 0.4) is 0 Å². The van der Waals surface area contributed by atoms with E-state index in [1.807, 2.05) is 0 Å². The Morgan fingerprint density at radius 2 is 0.536 bits per heavy atom. The zero-order valence-corrected chi connectivity index (χ0v) is 22.9.